The van der Waals surface area contributed by atoms with Gasteiger partial charge in [-0.15, -0.1) is 0 Å². The number of carbonyl (C=O) groups is 1. The van der Waals surface area contributed by atoms with Gasteiger partial charge in [0.1, 0.15) is 12.3 Å². The molecule has 1 fully saturated rings. The van der Waals surface area contributed by atoms with Gasteiger partial charge < -0.3 is 15.4 Å². The molecule has 1 aromatic heterocycles. The second kappa shape index (κ2) is 7.27. The molecule has 25 heavy (non-hydrogen) atoms. The van der Waals surface area contributed by atoms with E-state index in [4.69, 9.17) is 4.74 Å². The van der Waals surface area contributed by atoms with E-state index in [0.717, 1.165) is 49.5 Å². The van der Waals surface area contributed by atoms with Crippen LogP contribution in [0, 0.1) is 0 Å². The molecule has 1 aromatic carbocycles. The Bertz CT molecular complexity index is 750. The van der Waals surface area contributed by atoms with Crippen LogP contribution in [-0.4, -0.2) is 35.4 Å². The second-order valence-electron chi connectivity index (χ2n) is 6.80. The van der Waals surface area contributed by atoms with E-state index < -0.39 is 0 Å². The maximum Gasteiger partial charge on any atom is 0.241 e. The van der Waals surface area contributed by atoms with Gasteiger partial charge in [-0.2, -0.15) is 5.10 Å². The summed E-state index contributed by atoms with van der Waals surface area (Å²) in [4.78, 5) is 12.2. The summed E-state index contributed by atoms with van der Waals surface area (Å²) in [5, 5.41) is 11.0. The first kappa shape index (κ1) is 16.1. The number of piperidine rings is 1. The molecule has 0 unspecified atom stereocenters. The molecule has 0 saturated carbocycles. The van der Waals surface area contributed by atoms with Crippen LogP contribution in [0.25, 0.3) is 0 Å². The van der Waals surface area contributed by atoms with Crippen LogP contribution in [-0.2, 0) is 24.3 Å². The number of nitrogens with zero attached hydrogens (tertiary/aromatic N) is 2. The Labute approximate surface area is 147 Å². The van der Waals surface area contributed by atoms with Crippen LogP contribution in [0.3, 0.4) is 0 Å². The summed E-state index contributed by atoms with van der Waals surface area (Å²) in [6.45, 7) is 3.62. The molecular weight excluding hydrogens is 316 g/mol. The summed E-state index contributed by atoms with van der Waals surface area (Å²) in [6, 6.07) is 8.14. The molecule has 0 bridgehead atoms. The highest BCUT2D eigenvalue weighted by atomic mass is 16.5. The number of ether oxygens (including phenoxy) is 1. The standard InChI is InChI=1S/C19H24N4O2/c24-19(21-11-14-3-4-18-15(10-14)6-9-25-18)13-23-8-5-17(22-23)16-2-1-7-20-12-16/h3-5,8,10,16,20H,1-2,6-7,9,11-13H2,(H,21,24)/t16-/m1/s1. The van der Waals surface area contributed by atoms with E-state index in [0.29, 0.717) is 12.5 Å². The zero-order valence-electron chi connectivity index (χ0n) is 14.3. The SMILES string of the molecule is O=C(Cn1ccc([C@@H]2CCCNC2)n1)NCc1ccc2c(c1)CCO2. The van der Waals surface area contributed by atoms with Crippen molar-refractivity contribution < 1.29 is 9.53 Å². The number of carbonyl (C=O) groups excluding carboxylic acids is 1. The second-order valence-corrected chi connectivity index (χ2v) is 6.80. The molecule has 0 radical (unpaired) electrons. The van der Waals surface area contributed by atoms with Gasteiger partial charge >= 0.3 is 0 Å². The molecule has 1 saturated heterocycles. The van der Waals surface area contributed by atoms with Crippen LogP contribution in [0.1, 0.15) is 35.6 Å². The molecule has 1 amide bonds. The number of amides is 1. The molecule has 2 N–H and O–H groups in total. The van der Waals surface area contributed by atoms with Crippen LogP contribution in [0.4, 0.5) is 0 Å². The quantitative estimate of drug-likeness (QED) is 0.868. The predicted molar refractivity (Wildman–Crippen MR) is 94.6 cm³/mol. The van der Waals surface area contributed by atoms with Crippen molar-refractivity contribution in [3.8, 4) is 5.75 Å². The largest absolute Gasteiger partial charge is 0.493 e. The fourth-order valence-electron chi connectivity index (χ4n) is 3.54. The van der Waals surface area contributed by atoms with Crippen LogP contribution in [0.5, 0.6) is 5.75 Å². The third kappa shape index (κ3) is 3.85. The zero-order valence-corrected chi connectivity index (χ0v) is 14.3. The van der Waals surface area contributed by atoms with Gasteiger partial charge in [-0.25, -0.2) is 0 Å². The average molecular weight is 340 g/mol. The van der Waals surface area contributed by atoms with E-state index in [2.05, 4.69) is 21.8 Å². The van der Waals surface area contributed by atoms with Gasteiger partial charge in [-0.3, -0.25) is 9.48 Å². The molecule has 1 atom stereocenters. The minimum Gasteiger partial charge on any atom is -0.493 e. The van der Waals surface area contributed by atoms with E-state index in [-0.39, 0.29) is 12.5 Å². The predicted octanol–water partition coefficient (Wildman–Crippen LogP) is 1.60. The van der Waals surface area contributed by atoms with Gasteiger partial charge in [-0.1, -0.05) is 12.1 Å². The molecule has 0 aliphatic carbocycles. The Kier molecular flexibility index (Phi) is 4.70. The summed E-state index contributed by atoms with van der Waals surface area (Å²) in [5.74, 6) is 1.41. The smallest absolute Gasteiger partial charge is 0.241 e. The van der Waals surface area contributed by atoms with E-state index in [1.54, 1.807) is 4.68 Å². The highest BCUT2D eigenvalue weighted by molar-refractivity contribution is 5.75. The number of hydrogen-bond donors (Lipinski definition) is 2. The lowest BCUT2D eigenvalue weighted by molar-refractivity contribution is -0.122. The zero-order chi connectivity index (χ0) is 17.1. The van der Waals surface area contributed by atoms with Gasteiger partial charge in [0.25, 0.3) is 0 Å². The Balaban J connectivity index is 1.29. The van der Waals surface area contributed by atoms with Crippen molar-refractivity contribution in [2.45, 2.75) is 38.3 Å². The molecule has 2 aromatic rings. The molecule has 3 heterocycles. The molecule has 6 nitrogen and oxygen atoms in total. The molecular formula is C19H24N4O2. The maximum atomic E-state index is 12.2. The van der Waals surface area contributed by atoms with Crippen molar-refractivity contribution in [3.63, 3.8) is 0 Å². The molecule has 132 valence electrons. The third-order valence-corrected chi connectivity index (χ3v) is 4.93. The van der Waals surface area contributed by atoms with Crippen LogP contribution >= 0.6 is 0 Å². The molecule has 4 rings (SSSR count). The first-order chi connectivity index (χ1) is 12.3. The fourth-order valence-corrected chi connectivity index (χ4v) is 3.54. The number of rotatable bonds is 5. The first-order valence-electron chi connectivity index (χ1n) is 9.03. The van der Waals surface area contributed by atoms with Gasteiger partial charge in [0.05, 0.1) is 12.3 Å². The summed E-state index contributed by atoms with van der Waals surface area (Å²) >= 11 is 0. The number of benzene rings is 1. The Morgan fingerprint density at radius 2 is 2.36 bits per heavy atom. The summed E-state index contributed by atoms with van der Waals surface area (Å²) in [6.07, 6.45) is 5.20. The number of nitrogens with one attached hydrogen (secondary N) is 2. The highest BCUT2D eigenvalue weighted by Gasteiger charge is 2.18. The fraction of sp³-hybridized carbons (Fsp3) is 0.474. The lowest BCUT2D eigenvalue weighted by atomic mass is 9.97. The topological polar surface area (TPSA) is 68.2 Å². The molecule has 2 aliphatic heterocycles. The average Bonchev–Trinajstić information content (AvgIpc) is 3.29. The van der Waals surface area contributed by atoms with Gasteiger partial charge in [0.15, 0.2) is 0 Å². The van der Waals surface area contributed by atoms with E-state index >= 15 is 0 Å². The lowest BCUT2D eigenvalue weighted by Crippen LogP contribution is -2.29. The van der Waals surface area contributed by atoms with Crippen LogP contribution in [0.15, 0.2) is 30.5 Å². The summed E-state index contributed by atoms with van der Waals surface area (Å²) in [7, 11) is 0. The minimum atomic E-state index is -0.0202. The number of aromatic nitrogens is 2. The van der Waals surface area contributed by atoms with E-state index in [1.807, 2.05) is 24.4 Å². The van der Waals surface area contributed by atoms with Crippen molar-refractivity contribution in [1.82, 2.24) is 20.4 Å². The summed E-state index contributed by atoms with van der Waals surface area (Å²) in [5.41, 5.74) is 3.41. The minimum absolute atomic E-state index is 0.0202. The van der Waals surface area contributed by atoms with Crippen molar-refractivity contribution >= 4 is 5.91 Å². The number of fused-ring (bicyclic) bond motifs is 1. The third-order valence-electron chi connectivity index (χ3n) is 4.93. The van der Waals surface area contributed by atoms with Crippen molar-refractivity contribution in [2.75, 3.05) is 19.7 Å². The van der Waals surface area contributed by atoms with E-state index in [1.165, 1.54) is 12.0 Å². The van der Waals surface area contributed by atoms with Gasteiger partial charge in [0.2, 0.25) is 5.91 Å². The van der Waals surface area contributed by atoms with Crippen LogP contribution < -0.4 is 15.4 Å². The van der Waals surface area contributed by atoms with Crippen molar-refractivity contribution in [1.29, 1.82) is 0 Å². The van der Waals surface area contributed by atoms with Crippen molar-refractivity contribution in [3.05, 3.63) is 47.3 Å². The number of hydrogen-bond acceptors (Lipinski definition) is 4. The molecule has 2 aliphatic rings. The van der Waals surface area contributed by atoms with Crippen LogP contribution in [0.2, 0.25) is 0 Å². The summed E-state index contributed by atoms with van der Waals surface area (Å²) < 4.78 is 7.24. The van der Waals surface area contributed by atoms with E-state index in [9.17, 15) is 4.79 Å². The lowest BCUT2D eigenvalue weighted by Gasteiger charge is -2.20. The molecule has 0 spiro atoms. The Morgan fingerprint density at radius 1 is 1.40 bits per heavy atom. The first-order valence-corrected chi connectivity index (χ1v) is 9.03. The Morgan fingerprint density at radius 3 is 3.24 bits per heavy atom. The monoisotopic (exact) mass is 340 g/mol. The normalized spacial score (nSPS) is 19.3. The van der Waals surface area contributed by atoms with Crippen molar-refractivity contribution in [2.24, 2.45) is 0 Å². The molecule has 6 heteroatoms. The highest BCUT2D eigenvalue weighted by Crippen LogP contribution is 2.25. The van der Waals surface area contributed by atoms with Gasteiger partial charge in [0, 0.05) is 31.6 Å². The maximum absolute atomic E-state index is 12.2. The Hall–Kier alpha value is -2.34. The van der Waals surface area contributed by atoms with Gasteiger partial charge in [-0.05, 0) is 42.6 Å².